The topological polar surface area (TPSA) is 29.5 Å². The summed E-state index contributed by atoms with van der Waals surface area (Å²) < 4.78 is 44.2. The number of carbonyl (C=O) groups is 1. The summed E-state index contributed by atoms with van der Waals surface area (Å²) in [6, 6.07) is 17.4. The lowest BCUT2D eigenvalue weighted by molar-refractivity contribution is -0.196. The molecule has 0 aliphatic carbocycles. The van der Waals surface area contributed by atoms with Crippen molar-refractivity contribution in [3.63, 3.8) is 0 Å². The Morgan fingerprint density at radius 2 is 1.58 bits per heavy atom. The molecule has 1 amide bonds. The predicted molar refractivity (Wildman–Crippen MR) is 84.1 cm³/mol. The molecule has 0 aliphatic heterocycles. The highest BCUT2D eigenvalue weighted by Crippen LogP contribution is 2.28. The van der Waals surface area contributed by atoms with Crippen LogP contribution in [0, 0.1) is 0 Å². The standard InChI is InChI=1S/C18H18F3NO2/c1-24-16(15-10-6-3-7-11-15)22(17(23)18(19,20)21)13-12-14-8-4-2-5-9-14/h2-11,16H,12-13H2,1H3. The number of ether oxygens (including phenoxy) is 1. The fraction of sp³-hybridized carbons (Fsp3) is 0.278. The number of methoxy groups -OCH3 is 1. The van der Waals surface area contributed by atoms with Crippen LogP contribution in [0.1, 0.15) is 17.4 Å². The number of amides is 1. The molecule has 0 heterocycles. The Hall–Kier alpha value is -2.34. The zero-order chi connectivity index (χ0) is 17.6. The van der Waals surface area contributed by atoms with Gasteiger partial charge in [0.2, 0.25) is 0 Å². The van der Waals surface area contributed by atoms with Gasteiger partial charge < -0.3 is 9.64 Å². The summed E-state index contributed by atoms with van der Waals surface area (Å²) in [7, 11) is 1.29. The summed E-state index contributed by atoms with van der Waals surface area (Å²) in [5.41, 5.74) is 1.34. The van der Waals surface area contributed by atoms with Gasteiger partial charge in [0, 0.05) is 19.2 Å². The van der Waals surface area contributed by atoms with Crippen molar-refractivity contribution in [1.29, 1.82) is 0 Å². The minimum absolute atomic E-state index is 0.101. The summed E-state index contributed by atoms with van der Waals surface area (Å²) in [5.74, 6) is -1.91. The first-order valence-electron chi connectivity index (χ1n) is 7.43. The molecule has 0 N–H and O–H groups in total. The molecule has 0 spiro atoms. The summed E-state index contributed by atoms with van der Waals surface area (Å²) >= 11 is 0. The Bertz CT molecular complexity index is 644. The zero-order valence-corrected chi connectivity index (χ0v) is 13.2. The van der Waals surface area contributed by atoms with Crippen molar-refractivity contribution in [3.05, 3.63) is 71.8 Å². The first kappa shape index (κ1) is 18.0. The van der Waals surface area contributed by atoms with Gasteiger partial charge >= 0.3 is 12.1 Å². The summed E-state index contributed by atoms with van der Waals surface area (Å²) in [4.78, 5) is 12.6. The van der Waals surface area contributed by atoms with Crippen LogP contribution in [-0.4, -0.2) is 30.6 Å². The van der Waals surface area contributed by atoms with Gasteiger partial charge in [-0.15, -0.1) is 0 Å². The molecule has 0 saturated carbocycles. The number of carbonyl (C=O) groups excluding carboxylic acids is 1. The minimum Gasteiger partial charge on any atom is -0.357 e. The van der Waals surface area contributed by atoms with Gasteiger partial charge in [0.05, 0.1) is 0 Å². The lowest BCUT2D eigenvalue weighted by Crippen LogP contribution is -2.44. The van der Waals surface area contributed by atoms with Gasteiger partial charge in [-0.25, -0.2) is 0 Å². The van der Waals surface area contributed by atoms with Crippen LogP contribution in [0.4, 0.5) is 13.2 Å². The molecule has 2 aromatic carbocycles. The van der Waals surface area contributed by atoms with Gasteiger partial charge in [0.1, 0.15) is 0 Å². The monoisotopic (exact) mass is 337 g/mol. The second-order valence-electron chi connectivity index (χ2n) is 5.23. The van der Waals surface area contributed by atoms with Crippen molar-refractivity contribution in [3.8, 4) is 0 Å². The molecule has 2 rings (SSSR count). The Labute approximate surface area is 138 Å². The molecule has 0 bridgehead atoms. The number of halogens is 3. The Kier molecular flexibility index (Phi) is 5.98. The van der Waals surface area contributed by atoms with E-state index in [4.69, 9.17) is 4.74 Å². The third-order valence-corrected chi connectivity index (χ3v) is 3.58. The van der Waals surface area contributed by atoms with Gasteiger partial charge in [-0.2, -0.15) is 13.2 Å². The average Bonchev–Trinajstić information content (AvgIpc) is 2.59. The molecule has 2 aromatic rings. The molecule has 3 nitrogen and oxygen atoms in total. The van der Waals surface area contributed by atoms with Crippen LogP contribution in [-0.2, 0) is 16.0 Å². The van der Waals surface area contributed by atoms with Crippen molar-refractivity contribution in [2.45, 2.75) is 18.8 Å². The number of hydrogen-bond acceptors (Lipinski definition) is 2. The molecule has 0 saturated heterocycles. The largest absolute Gasteiger partial charge is 0.471 e. The highest BCUT2D eigenvalue weighted by molar-refractivity contribution is 5.82. The van der Waals surface area contributed by atoms with E-state index < -0.39 is 18.3 Å². The van der Waals surface area contributed by atoms with Crippen molar-refractivity contribution in [2.24, 2.45) is 0 Å². The summed E-state index contributed by atoms with van der Waals surface area (Å²) in [6.45, 7) is -0.101. The Morgan fingerprint density at radius 3 is 2.08 bits per heavy atom. The minimum atomic E-state index is -4.96. The molecular weight excluding hydrogens is 319 g/mol. The van der Waals surface area contributed by atoms with Crippen LogP contribution in [0.25, 0.3) is 0 Å². The maximum absolute atomic E-state index is 13.0. The number of nitrogens with zero attached hydrogens (tertiary/aromatic N) is 1. The molecule has 0 radical (unpaired) electrons. The second-order valence-corrected chi connectivity index (χ2v) is 5.23. The van der Waals surface area contributed by atoms with Crippen molar-refractivity contribution in [2.75, 3.05) is 13.7 Å². The third-order valence-electron chi connectivity index (χ3n) is 3.58. The number of hydrogen-bond donors (Lipinski definition) is 0. The van der Waals surface area contributed by atoms with Gasteiger partial charge in [0.25, 0.3) is 0 Å². The number of benzene rings is 2. The maximum atomic E-state index is 13.0. The molecule has 1 atom stereocenters. The van der Waals surface area contributed by atoms with Crippen LogP contribution >= 0.6 is 0 Å². The van der Waals surface area contributed by atoms with Crippen LogP contribution in [0.3, 0.4) is 0 Å². The molecule has 0 fully saturated rings. The van der Waals surface area contributed by atoms with E-state index in [1.807, 2.05) is 6.07 Å². The van der Waals surface area contributed by atoms with Crippen molar-refractivity contribution >= 4 is 5.91 Å². The lowest BCUT2D eigenvalue weighted by atomic mass is 10.1. The Balaban J connectivity index is 2.26. The van der Waals surface area contributed by atoms with E-state index >= 15 is 0 Å². The normalized spacial score (nSPS) is 12.7. The lowest BCUT2D eigenvalue weighted by Gasteiger charge is -2.31. The quantitative estimate of drug-likeness (QED) is 0.747. The smallest absolute Gasteiger partial charge is 0.357 e. The van der Waals surface area contributed by atoms with Crippen molar-refractivity contribution in [1.82, 2.24) is 4.90 Å². The molecule has 6 heteroatoms. The highest BCUT2D eigenvalue weighted by atomic mass is 19.4. The predicted octanol–water partition coefficient (Wildman–Crippen LogP) is 3.97. The van der Waals surface area contributed by atoms with Crippen LogP contribution in [0.15, 0.2) is 60.7 Å². The van der Waals surface area contributed by atoms with Crippen LogP contribution in [0.5, 0.6) is 0 Å². The SMILES string of the molecule is COC(c1ccccc1)N(CCc1ccccc1)C(=O)C(F)(F)F. The van der Waals surface area contributed by atoms with Crippen molar-refractivity contribution < 1.29 is 22.7 Å². The van der Waals surface area contributed by atoms with Gasteiger partial charge in [-0.3, -0.25) is 4.79 Å². The van der Waals surface area contributed by atoms with E-state index in [0.29, 0.717) is 12.0 Å². The first-order chi connectivity index (χ1) is 11.4. The second kappa shape index (κ2) is 7.97. The molecule has 1 unspecified atom stereocenters. The number of rotatable bonds is 6. The van der Waals surface area contributed by atoms with E-state index in [1.165, 1.54) is 7.11 Å². The fourth-order valence-corrected chi connectivity index (χ4v) is 2.44. The van der Waals surface area contributed by atoms with Crippen LogP contribution < -0.4 is 0 Å². The van der Waals surface area contributed by atoms with E-state index in [2.05, 4.69) is 0 Å². The van der Waals surface area contributed by atoms with E-state index in [-0.39, 0.29) is 6.54 Å². The fourth-order valence-electron chi connectivity index (χ4n) is 2.44. The first-order valence-corrected chi connectivity index (χ1v) is 7.43. The van der Waals surface area contributed by atoms with E-state index in [9.17, 15) is 18.0 Å². The highest BCUT2D eigenvalue weighted by Gasteiger charge is 2.45. The van der Waals surface area contributed by atoms with E-state index in [1.54, 1.807) is 54.6 Å². The van der Waals surface area contributed by atoms with Gasteiger partial charge in [0.15, 0.2) is 6.23 Å². The zero-order valence-electron chi connectivity index (χ0n) is 13.2. The molecule has 24 heavy (non-hydrogen) atoms. The summed E-state index contributed by atoms with van der Waals surface area (Å²) in [5, 5.41) is 0. The van der Waals surface area contributed by atoms with Gasteiger partial charge in [-0.05, 0) is 12.0 Å². The third kappa shape index (κ3) is 4.58. The van der Waals surface area contributed by atoms with Gasteiger partial charge in [-0.1, -0.05) is 60.7 Å². The van der Waals surface area contributed by atoms with Crippen LogP contribution in [0.2, 0.25) is 0 Å². The maximum Gasteiger partial charge on any atom is 0.471 e. The molecule has 0 aromatic heterocycles. The van der Waals surface area contributed by atoms with E-state index in [0.717, 1.165) is 10.5 Å². The molecule has 128 valence electrons. The molecular formula is C18H18F3NO2. The summed E-state index contributed by atoms with van der Waals surface area (Å²) in [6.07, 6.45) is -5.75. The molecule has 0 aliphatic rings. The number of alkyl halides is 3. The average molecular weight is 337 g/mol. The Morgan fingerprint density at radius 1 is 1.04 bits per heavy atom.